The van der Waals surface area contributed by atoms with Crippen LogP contribution in [0.1, 0.15) is 17.3 Å². The number of aromatic hydroxyl groups is 1. The zero-order valence-corrected chi connectivity index (χ0v) is 16.1. The second kappa shape index (κ2) is 8.15. The molecule has 2 N–H and O–H groups in total. The molecule has 2 aromatic heterocycles. The van der Waals surface area contributed by atoms with Crippen molar-refractivity contribution in [2.75, 3.05) is 39.3 Å². The summed E-state index contributed by atoms with van der Waals surface area (Å²) in [5.41, 5.74) is -0.586. The molecule has 2 aromatic rings. The van der Waals surface area contributed by atoms with Gasteiger partial charge in [-0.25, -0.2) is 9.78 Å². The summed E-state index contributed by atoms with van der Waals surface area (Å²) in [6, 6.07) is 1.64. The molecular weight excluding hydrogens is 404 g/mol. The van der Waals surface area contributed by atoms with Crippen molar-refractivity contribution in [1.29, 1.82) is 0 Å². The van der Waals surface area contributed by atoms with Gasteiger partial charge in [0.2, 0.25) is 0 Å². The fraction of sp³-hybridized carbons (Fsp3) is 0.471. The number of nitrogens with one attached hydrogen (secondary N) is 1. The molecule has 140 valence electrons. The molecule has 1 aliphatic rings. The zero-order chi connectivity index (χ0) is 18.7. The first-order valence-corrected chi connectivity index (χ1v) is 9.33. The smallest absolute Gasteiger partial charge is 0.347 e. The maximum Gasteiger partial charge on any atom is 0.347 e. The van der Waals surface area contributed by atoms with Gasteiger partial charge in [0.15, 0.2) is 5.56 Å². The van der Waals surface area contributed by atoms with E-state index in [1.54, 1.807) is 19.2 Å². The van der Waals surface area contributed by atoms with E-state index < -0.39 is 17.3 Å². The number of aromatic nitrogens is 2. The Kier molecular flexibility index (Phi) is 5.90. The lowest BCUT2D eigenvalue weighted by molar-refractivity contribution is 0.0520. The summed E-state index contributed by atoms with van der Waals surface area (Å²) in [6.07, 6.45) is 1.56. The summed E-state index contributed by atoms with van der Waals surface area (Å²) in [6.45, 7) is 6.40. The highest BCUT2D eigenvalue weighted by Crippen LogP contribution is 2.28. The third kappa shape index (κ3) is 3.74. The molecule has 3 heterocycles. The molecule has 1 saturated heterocycles. The normalized spacial score (nSPS) is 15.3. The van der Waals surface area contributed by atoms with Crippen LogP contribution >= 0.6 is 15.9 Å². The molecule has 1 fully saturated rings. The number of piperazine rings is 1. The number of pyridine rings is 2. The quantitative estimate of drug-likeness (QED) is 0.689. The van der Waals surface area contributed by atoms with Crippen LogP contribution in [0.25, 0.3) is 11.0 Å². The second-order valence-electron chi connectivity index (χ2n) is 6.02. The summed E-state index contributed by atoms with van der Waals surface area (Å²) in [5.74, 6) is -1.22. The van der Waals surface area contributed by atoms with Crippen LogP contribution in [0, 0.1) is 0 Å². The van der Waals surface area contributed by atoms with Crippen molar-refractivity contribution in [1.82, 2.24) is 19.8 Å². The van der Waals surface area contributed by atoms with E-state index in [4.69, 9.17) is 4.74 Å². The van der Waals surface area contributed by atoms with Gasteiger partial charge in [0.25, 0.3) is 5.56 Å². The summed E-state index contributed by atoms with van der Waals surface area (Å²) in [4.78, 5) is 31.7. The molecule has 0 radical (unpaired) electrons. The fourth-order valence-electron chi connectivity index (χ4n) is 3.06. The number of fused-ring (bicyclic) bond motifs is 1. The van der Waals surface area contributed by atoms with E-state index in [0.29, 0.717) is 28.6 Å². The van der Waals surface area contributed by atoms with E-state index in [1.165, 1.54) is 4.57 Å². The van der Waals surface area contributed by atoms with Crippen molar-refractivity contribution >= 4 is 32.9 Å². The molecule has 0 aromatic carbocycles. The minimum absolute atomic E-state index is 0.118. The Hall–Kier alpha value is -1.97. The molecule has 0 atom stereocenters. The third-order valence-electron chi connectivity index (χ3n) is 4.37. The van der Waals surface area contributed by atoms with Crippen molar-refractivity contribution in [2.24, 2.45) is 0 Å². The average Bonchev–Trinajstić information content (AvgIpc) is 2.63. The van der Waals surface area contributed by atoms with Crippen LogP contribution < -0.4 is 10.9 Å². The standard InChI is InChI=1S/C17H21BrN4O4/c1-2-26-17(25)13-14(23)12-9-11(18)10-20-15(12)22(16(13)24)8-7-21-5-3-19-4-6-21/h9-10,19,23H,2-8H2,1H3. The summed E-state index contributed by atoms with van der Waals surface area (Å²) in [5, 5.41) is 14.1. The van der Waals surface area contributed by atoms with E-state index in [0.717, 1.165) is 26.2 Å². The molecule has 9 heteroatoms. The summed E-state index contributed by atoms with van der Waals surface area (Å²) in [7, 11) is 0. The molecule has 0 unspecified atom stereocenters. The molecular formula is C17H21BrN4O4. The first kappa shape index (κ1) is 18.8. The van der Waals surface area contributed by atoms with Gasteiger partial charge in [-0.05, 0) is 28.9 Å². The maximum absolute atomic E-state index is 12.9. The number of esters is 1. The van der Waals surface area contributed by atoms with Crippen molar-refractivity contribution < 1.29 is 14.6 Å². The van der Waals surface area contributed by atoms with Crippen LogP contribution in [0.15, 0.2) is 21.5 Å². The van der Waals surface area contributed by atoms with Gasteiger partial charge < -0.3 is 15.2 Å². The number of ether oxygens (including phenoxy) is 1. The van der Waals surface area contributed by atoms with Crippen molar-refractivity contribution in [2.45, 2.75) is 13.5 Å². The largest absolute Gasteiger partial charge is 0.506 e. The van der Waals surface area contributed by atoms with Gasteiger partial charge in [0, 0.05) is 49.9 Å². The molecule has 0 aliphatic carbocycles. The van der Waals surface area contributed by atoms with E-state index in [9.17, 15) is 14.7 Å². The SMILES string of the molecule is CCOC(=O)c1c(O)c2cc(Br)cnc2n(CCN2CCNCC2)c1=O. The van der Waals surface area contributed by atoms with Crippen LogP contribution in [0.4, 0.5) is 0 Å². The van der Waals surface area contributed by atoms with E-state index in [-0.39, 0.29) is 12.2 Å². The molecule has 8 nitrogen and oxygen atoms in total. The van der Waals surface area contributed by atoms with E-state index >= 15 is 0 Å². The number of hydrogen-bond donors (Lipinski definition) is 2. The number of nitrogens with zero attached hydrogens (tertiary/aromatic N) is 3. The highest BCUT2D eigenvalue weighted by Gasteiger charge is 2.24. The number of halogens is 1. The lowest BCUT2D eigenvalue weighted by Gasteiger charge is -2.27. The fourth-order valence-corrected chi connectivity index (χ4v) is 3.39. The van der Waals surface area contributed by atoms with E-state index in [1.807, 2.05) is 0 Å². The maximum atomic E-state index is 12.9. The Morgan fingerprint density at radius 3 is 2.81 bits per heavy atom. The third-order valence-corrected chi connectivity index (χ3v) is 4.80. The van der Waals surface area contributed by atoms with Crippen LogP contribution in [-0.2, 0) is 11.3 Å². The van der Waals surface area contributed by atoms with Crippen molar-refractivity contribution in [3.63, 3.8) is 0 Å². The number of hydrogen-bond acceptors (Lipinski definition) is 7. The lowest BCUT2D eigenvalue weighted by atomic mass is 10.1. The van der Waals surface area contributed by atoms with Crippen molar-refractivity contribution in [3.05, 3.63) is 32.7 Å². The van der Waals surface area contributed by atoms with Gasteiger partial charge in [-0.3, -0.25) is 14.3 Å². The van der Waals surface area contributed by atoms with Gasteiger partial charge in [-0.1, -0.05) is 0 Å². The zero-order valence-electron chi connectivity index (χ0n) is 14.5. The summed E-state index contributed by atoms with van der Waals surface area (Å²) >= 11 is 3.31. The topological polar surface area (TPSA) is 96.7 Å². The van der Waals surface area contributed by atoms with Gasteiger partial charge in [0.1, 0.15) is 11.4 Å². The molecule has 0 saturated carbocycles. The van der Waals surface area contributed by atoms with Gasteiger partial charge in [-0.2, -0.15) is 0 Å². The molecule has 0 spiro atoms. The molecule has 0 amide bonds. The number of carbonyl (C=O) groups excluding carboxylic acids is 1. The second-order valence-corrected chi connectivity index (χ2v) is 6.93. The van der Waals surface area contributed by atoms with Crippen LogP contribution in [-0.4, -0.2) is 64.9 Å². The first-order chi connectivity index (χ1) is 12.5. The minimum Gasteiger partial charge on any atom is -0.506 e. The Labute approximate surface area is 158 Å². The Bertz CT molecular complexity index is 877. The van der Waals surface area contributed by atoms with Crippen LogP contribution in [0.3, 0.4) is 0 Å². The highest BCUT2D eigenvalue weighted by molar-refractivity contribution is 9.10. The summed E-state index contributed by atoms with van der Waals surface area (Å²) < 4.78 is 7.04. The van der Waals surface area contributed by atoms with Gasteiger partial charge >= 0.3 is 5.97 Å². The first-order valence-electron chi connectivity index (χ1n) is 8.54. The predicted octanol–water partition coefficient (Wildman–Crippen LogP) is 0.946. The van der Waals surface area contributed by atoms with Crippen LogP contribution in [0.2, 0.25) is 0 Å². The minimum atomic E-state index is -0.826. The van der Waals surface area contributed by atoms with E-state index in [2.05, 4.69) is 31.1 Å². The molecule has 1 aliphatic heterocycles. The Balaban J connectivity index is 2.07. The highest BCUT2D eigenvalue weighted by atomic mass is 79.9. The Morgan fingerprint density at radius 1 is 1.38 bits per heavy atom. The molecule has 0 bridgehead atoms. The predicted molar refractivity (Wildman–Crippen MR) is 101 cm³/mol. The van der Waals surface area contributed by atoms with Crippen molar-refractivity contribution in [3.8, 4) is 5.75 Å². The van der Waals surface area contributed by atoms with Gasteiger partial charge in [-0.15, -0.1) is 0 Å². The van der Waals surface area contributed by atoms with Crippen LogP contribution in [0.5, 0.6) is 5.75 Å². The average molecular weight is 425 g/mol. The lowest BCUT2D eigenvalue weighted by Crippen LogP contribution is -2.45. The molecule has 26 heavy (non-hydrogen) atoms. The number of rotatable bonds is 5. The monoisotopic (exact) mass is 424 g/mol. The number of carbonyl (C=O) groups is 1. The Morgan fingerprint density at radius 2 is 2.12 bits per heavy atom. The van der Waals surface area contributed by atoms with Gasteiger partial charge in [0.05, 0.1) is 12.0 Å². The molecule has 3 rings (SSSR count).